The zero-order valence-corrected chi connectivity index (χ0v) is 20.2. The molecule has 0 aromatic heterocycles. The van der Waals surface area contributed by atoms with Crippen molar-refractivity contribution in [2.75, 3.05) is 17.3 Å². The second-order valence-electron chi connectivity index (χ2n) is 8.15. The predicted octanol–water partition coefficient (Wildman–Crippen LogP) is 5.83. The molecular formula is C24H22Cl3N3O3. The molecule has 1 heterocycles. The molecule has 2 aliphatic rings. The third kappa shape index (κ3) is 4.74. The smallest absolute Gasteiger partial charge is 0.283 e. The molecule has 3 amide bonds. The molecule has 0 unspecified atom stereocenters. The van der Waals surface area contributed by atoms with Crippen molar-refractivity contribution in [1.82, 2.24) is 4.90 Å². The summed E-state index contributed by atoms with van der Waals surface area (Å²) < 4.78 is 0. The monoisotopic (exact) mass is 505 g/mol. The van der Waals surface area contributed by atoms with Crippen molar-refractivity contribution in [3.05, 3.63) is 68.8 Å². The van der Waals surface area contributed by atoms with Crippen LogP contribution in [0.15, 0.2) is 53.2 Å². The van der Waals surface area contributed by atoms with Crippen LogP contribution in [0.1, 0.15) is 42.5 Å². The minimum Gasteiger partial charge on any atom is -0.350 e. The molecule has 2 aromatic rings. The maximum Gasteiger partial charge on any atom is 0.283 e. The Morgan fingerprint density at radius 1 is 0.970 bits per heavy atom. The Labute approximate surface area is 207 Å². The summed E-state index contributed by atoms with van der Waals surface area (Å²) in [4.78, 5) is 41.4. The van der Waals surface area contributed by atoms with Crippen LogP contribution in [-0.2, 0) is 9.59 Å². The summed E-state index contributed by atoms with van der Waals surface area (Å²) in [6.07, 6.45) is 5.47. The molecule has 9 heteroatoms. The summed E-state index contributed by atoms with van der Waals surface area (Å²) in [5.74, 6) is -1.39. The van der Waals surface area contributed by atoms with Gasteiger partial charge < -0.3 is 10.2 Å². The highest BCUT2D eigenvalue weighted by Gasteiger charge is 2.39. The van der Waals surface area contributed by atoms with E-state index in [1.165, 1.54) is 24.6 Å². The van der Waals surface area contributed by atoms with Gasteiger partial charge in [0.25, 0.3) is 17.7 Å². The average molecular weight is 507 g/mol. The van der Waals surface area contributed by atoms with Gasteiger partial charge >= 0.3 is 0 Å². The van der Waals surface area contributed by atoms with E-state index < -0.39 is 11.8 Å². The summed E-state index contributed by atoms with van der Waals surface area (Å²) in [7, 11) is 1.83. The average Bonchev–Trinajstić information content (AvgIpc) is 3.04. The van der Waals surface area contributed by atoms with Crippen molar-refractivity contribution in [2.45, 2.75) is 38.1 Å². The molecular weight excluding hydrogens is 485 g/mol. The van der Waals surface area contributed by atoms with E-state index in [0.29, 0.717) is 16.3 Å². The van der Waals surface area contributed by atoms with Crippen LogP contribution in [-0.4, -0.2) is 35.7 Å². The lowest BCUT2D eigenvalue weighted by molar-refractivity contribution is -0.120. The quantitative estimate of drug-likeness (QED) is 0.518. The van der Waals surface area contributed by atoms with Crippen LogP contribution in [0.25, 0.3) is 0 Å². The lowest BCUT2D eigenvalue weighted by Gasteiger charge is -2.31. The number of rotatable bonds is 5. The van der Waals surface area contributed by atoms with Crippen molar-refractivity contribution in [1.29, 1.82) is 0 Å². The first-order valence-electron chi connectivity index (χ1n) is 10.7. The zero-order chi connectivity index (χ0) is 23.7. The zero-order valence-electron chi connectivity index (χ0n) is 17.9. The molecule has 2 aromatic carbocycles. The number of halogens is 3. The molecule has 1 saturated carbocycles. The number of nitrogens with one attached hydrogen (secondary N) is 1. The van der Waals surface area contributed by atoms with E-state index in [-0.39, 0.29) is 33.4 Å². The topological polar surface area (TPSA) is 69.7 Å². The van der Waals surface area contributed by atoms with Gasteiger partial charge in [-0.3, -0.25) is 14.4 Å². The fraction of sp³-hybridized carbons (Fsp3) is 0.292. The fourth-order valence-electron chi connectivity index (χ4n) is 4.18. The van der Waals surface area contributed by atoms with Crippen molar-refractivity contribution >= 4 is 63.9 Å². The van der Waals surface area contributed by atoms with Crippen LogP contribution in [0.2, 0.25) is 10.0 Å². The Bertz CT molecular complexity index is 1160. The molecule has 0 atom stereocenters. The number of hydrogen-bond acceptors (Lipinski definition) is 4. The van der Waals surface area contributed by atoms with Crippen molar-refractivity contribution in [2.24, 2.45) is 0 Å². The second kappa shape index (κ2) is 9.75. The van der Waals surface area contributed by atoms with Crippen LogP contribution < -0.4 is 10.2 Å². The minimum atomic E-state index is -0.674. The Kier molecular flexibility index (Phi) is 6.98. The molecule has 4 rings (SSSR count). The third-order valence-electron chi connectivity index (χ3n) is 6.01. The molecule has 1 N–H and O–H groups in total. The highest BCUT2D eigenvalue weighted by Crippen LogP contribution is 2.34. The number of carbonyl (C=O) groups excluding carboxylic acids is 3. The predicted molar refractivity (Wildman–Crippen MR) is 131 cm³/mol. The fourth-order valence-corrected chi connectivity index (χ4v) is 4.69. The summed E-state index contributed by atoms with van der Waals surface area (Å²) >= 11 is 18.2. The van der Waals surface area contributed by atoms with Gasteiger partial charge in [0.1, 0.15) is 10.7 Å². The SMILES string of the molecule is CN(C(=O)c1cccc(NC2=C(Cl)C(=O)N(c3ccc(Cl)c(Cl)c3)C2=O)c1)C1CCCCC1. The highest BCUT2D eigenvalue weighted by molar-refractivity contribution is 6.53. The maximum absolute atomic E-state index is 13.0. The van der Waals surface area contributed by atoms with Crippen LogP contribution in [0.5, 0.6) is 0 Å². The van der Waals surface area contributed by atoms with E-state index in [1.807, 2.05) is 7.05 Å². The number of anilines is 2. The van der Waals surface area contributed by atoms with Crippen LogP contribution in [0.3, 0.4) is 0 Å². The van der Waals surface area contributed by atoms with E-state index in [2.05, 4.69) is 5.32 Å². The van der Waals surface area contributed by atoms with Gasteiger partial charge in [0, 0.05) is 24.3 Å². The molecule has 0 bridgehead atoms. The summed E-state index contributed by atoms with van der Waals surface area (Å²) in [6, 6.07) is 11.5. The Hall–Kier alpha value is -2.54. The number of hydrogen-bond donors (Lipinski definition) is 1. The number of nitrogens with zero attached hydrogens (tertiary/aromatic N) is 2. The lowest BCUT2D eigenvalue weighted by atomic mass is 9.94. The summed E-state index contributed by atoms with van der Waals surface area (Å²) in [5.41, 5.74) is 1.15. The molecule has 0 spiro atoms. The lowest BCUT2D eigenvalue weighted by Crippen LogP contribution is -2.38. The highest BCUT2D eigenvalue weighted by atomic mass is 35.5. The van der Waals surface area contributed by atoms with Gasteiger partial charge in [-0.2, -0.15) is 0 Å². The van der Waals surface area contributed by atoms with Gasteiger partial charge in [-0.25, -0.2) is 4.90 Å². The number of imide groups is 1. The van der Waals surface area contributed by atoms with Crippen molar-refractivity contribution in [3.8, 4) is 0 Å². The van der Waals surface area contributed by atoms with Gasteiger partial charge in [0.05, 0.1) is 15.7 Å². The van der Waals surface area contributed by atoms with Crippen molar-refractivity contribution < 1.29 is 14.4 Å². The first kappa shape index (κ1) is 23.6. The number of benzene rings is 2. The standard InChI is InChI=1S/C24H22Cl3N3O3/c1-29(16-8-3-2-4-9-16)22(31)14-6-5-7-15(12-14)28-21-20(27)23(32)30(24(21)33)17-10-11-18(25)19(26)13-17/h5-7,10-13,16,28H,2-4,8-9H2,1H3. The Balaban J connectivity index is 1.54. The molecule has 172 valence electrons. The molecule has 0 saturated heterocycles. The van der Waals surface area contributed by atoms with Gasteiger partial charge in [0.15, 0.2) is 0 Å². The molecule has 1 fully saturated rings. The Morgan fingerprint density at radius 2 is 1.70 bits per heavy atom. The molecule has 6 nitrogen and oxygen atoms in total. The number of carbonyl (C=O) groups is 3. The van der Waals surface area contributed by atoms with Crippen LogP contribution in [0.4, 0.5) is 11.4 Å². The summed E-state index contributed by atoms with van der Waals surface area (Å²) in [6.45, 7) is 0. The van der Waals surface area contributed by atoms with Gasteiger partial charge in [-0.05, 0) is 49.2 Å². The summed E-state index contributed by atoms with van der Waals surface area (Å²) in [5, 5.41) is 3.18. The molecule has 0 radical (unpaired) electrons. The van der Waals surface area contributed by atoms with Crippen molar-refractivity contribution in [3.63, 3.8) is 0 Å². The first-order valence-corrected chi connectivity index (χ1v) is 11.8. The number of amides is 3. The van der Waals surface area contributed by atoms with Gasteiger partial charge in [-0.15, -0.1) is 0 Å². The normalized spacial score (nSPS) is 17.0. The van der Waals surface area contributed by atoms with Crippen LogP contribution in [0, 0.1) is 0 Å². The molecule has 1 aliphatic carbocycles. The van der Waals surface area contributed by atoms with Gasteiger partial charge in [-0.1, -0.05) is 60.1 Å². The first-order chi connectivity index (χ1) is 15.8. The van der Waals surface area contributed by atoms with Crippen LogP contribution >= 0.6 is 34.8 Å². The van der Waals surface area contributed by atoms with E-state index in [4.69, 9.17) is 34.8 Å². The van der Waals surface area contributed by atoms with E-state index in [0.717, 1.165) is 30.6 Å². The third-order valence-corrected chi connectivity index (χ3v) is 7.10. The largest absolute Gasteiger partial charge is 0.350 e. The van der Waals surface area contributed by atoms with E-state index in [1.54, 1.807) is 29.2 Å². The minimum absolute atomic E-state index is 0.0713. The second-order valence-corrected chi connectivity index (χ2v) is 9.34. The van der Waals surface area contributed by atoms with Gasteiger partial charge in [0.2, 0.25) is 0 Å². The van der Waals surface area contributed by atoms with E-state index >= 15 is 0 Å². The maximum atomic E-state index is 13.0. The molecule has 33 heavy (non-hydrogen) atoms. The molecule has 1 aliphatic heterocycles. The van der Waals surface area contributed by atoms with E-state index in [9.17, 15) is 14.4 Å². The Morgan fingerprint density at radius 3 is 2.39 bits per heavy atom.